The summed E-state index contributed by atoms with van der Waals surface area (Å²) in [6.07, 6.45) is -0.461. The Morgan fingerprint density at radius 1 is 1.53 bits per heavy atom. The first kappa shape index (κ1) is 12.4. The number of methoxy groups -OCH3 is 1. The summed E-state index contributed by atoms with van der Waals surface area (Å²) in [4.78, 5) is 11.4. The summed E-state index contributed by atoms with van der Waals surface area (Å²) in [7, 11) is 1.09. The normalized spacial score (nSPS) is 16.8. The first-order valence-corrected chi connectivity index (χ1v) is 5.65. The van der Waals surface area contributed by atoms with E-state index in [1.165, 1.54) is 0 Å². The zero-order valence-corrected chi connectivity index (χ0v) is 10.4. The van der Waals surface area contributed by atoms with Crippen molar-refractivity contribution in [1.29, 1.82) is 0 Å². The molecule has 2 nitrogen and oxygen atoms in total. The second kappa shape index (κ2) is 4.01. The van der Waals surface area contributed by atoms with Gasteiger partial charge in [-0.25, -0.2) is 18.0 Å². The van der Waals surface area contributed by atoms with Crippen molar-refractivity contribution in [3.63, 3.8) is 0 Å². The minimum Gasteiger partial charge on any atom is -0.465 e. The van der Waals surface area contributed by atoms with Crippen molar-refractivity contribution in [2.24, 2.45) is 0 Å². The van der Waals surface area contributed by atoms with Gasteiger partial charge in [-0.05, 0) is 18.1 Å². The lowest BCUT2D eigenvalue weighted by Gasteiger charge is -2.14. The quantitative estimate of drug-likeness (QED) is 0.743. The van der Waals surface area contributed by atoms with E-state index in [9.17, 15) is 18.0 Å². The number of hydrogen-bond acceptors (Lipinski definition) is 2. The molecular formula is C11H8BrF3O2. The second-order valence-electron chi connectivity index (χ2n) is 3.76. The van der Waals surface area contributed by atoms with E-state index in [0.29, 0.717) is 0 Å². The largest absolute Gasteiger partial charge is 0.465 e. The van der Waals surface area contributed by atoms with Gasteiger partial charge in [0, 0.05) is 16.5 Å². The molecule has 1 aromatic carbocycles. The van der Waals surface area contributed by atoms with Crippen LogP contribution in [0.4, 0.5) is 13.2 Å². The van der Waals surface area contributed by atoms with Gasteiger partial charge >= 0.3 is 5.97 Å². The SMILES string of the molecule is COC(=O)c1c(F)cc(Br)c2c1CCC2(F)F. The van der Waals surface area contributed by atoms with E-state index in [1.807, 2.05) is 0 Å². The fraction of sp³-hybridized carbons (Fsp3) is 0.364. The van der Waals surface area contributed by atoms with Gasteiger partial charge in [-0.1, -0.05) is 15.9 Å². The molecule has 0 amide bonds. The van der Waals surface area contributed by atoms with E-state index >= 15 is 0 Å². The van der Waals surface area contributed by atoms with Gasteiger partial charge in [0.1, 0.15) is 5.82 Å². The lowest BCUT2D eigenvalue weighted by molar-refractivity contribution is -0.00253. The van der Waals surface area contributed by atoms with E-state index in [2.05, 4.69) is 20.7 Å². The van der Waals surface area contributed by atoms with Crippen LogP contribution in [0, 0.1) is 5.82 Å². The predicted octanol–water partition coefficient (Wildman–Crippen LogP) is 3.41. The van der Waals surface area contributed by atoms with Gasteiger partial charge in [0.2, 0.25) is 0 Å². The highest BCUT2D eigenvalue weighted by atomic mass is 79.9. The Balaban J connectivity index is 2.72. The molecule has 0 spiro atoms. The van der Waals surface area contributed by atoms with Crippen LogP contribution in [0.3, 0.4) is 0 Å². The molecule has 0 aliphatic heterocycles. The molecule has 92 valence electrons. The van der Waals surface area contributed by atoms with Crippen LogP contribution < -0.4 is 0 Å². The zero-order valence-electron chi connectivity index (χ0n) is 8.82. The maximum Gasteiger partial charge on any atom is 0.341 e. The number of esters is 1. The molecule has 0 heterocycles. The summed E-state index contributed by atoms with van der Waals surface area (Å²) >= 11 is 2.91. The Morgan fingerprint density at radius 2 is 2.18 bits per heavy atom. The van der Waals surface area contributed by atoms with Gasteiger partial charge < -0.3 is 4.74 Å². The molecular weight excluding hydrogens is 301 g/mol. The Kier molecular flexibility index (Phi) is 2.93. The van der Waals surface area contributed by atoms with Gasteiger partial charge in [0.25, 0.3) is 5.92 Å². The number of benzene rings is 1. The molecule has 0 saturated carbocycles. The molecule has 6 heteroatoms. The van der Waals surface area contributed by atoms with Gasteiger partial charge in [-0.3, -0.25) is 0 Å². The molecule has 0 radical (unpaired) electrons. The summed E-state index contributed by atoms with van der Waals surface area (Å²) in [5.74, 6) is -4.81. The highest BCUT2D eigenvalue weighted by Gasteiger charge is 2.44. The Labute approximate surface area is 104 Å². The number of halogens is 4. The van der Waals surface area contributed by atoms with E-state index in [1.54, 1.807) is 0 Å². The highest BCUT2D eigenvalue weighted by molar-refractivity contribution is 9.10. The van der Waals surface area contributed by atoms with Crippen molar-refractivity contribution in [2.45, 2.75) is 18.8 Å². The maximum atomic E-state index is 13.6. The number of fused-ring (bicyclic) bond motifs is 1. The third kappa shape index (κ3) is 1.84. The molecule has 0 atom stereocenters. The average molecular weight is 309 g/mol. The monoisotopic (exact) mass is 308 g/mol. The Morgan fingerprint density at radius 3 is 2.76 bits per heavy atom. The summed E-state index contributed by atoms with van der Waals surface area (Å²) in [5, 5.41) is 0. The van der Waals surface area contributed by atoms with Gasteiger partial charge in [0.15, 0.2) is 0 Å². The molecule has 0 aromatic heterocycles. The minimum absolute atomic E-state index is 0.0137. The Bertz CT molecular complexity index is 500. The summed E-state index contributed by atoms with van der Waals surface area (Å²) in [6.45, 7) is 0. The lowest BCUT2D eigenvalue weighted by atomic mass is 10.0. The topological polar surface area (TPSA) is 26.3 Å². The average Bonchev–Trinajstić information content (AvgIpc) is 2.54. The van der Waals surface area contributed by atoms with Crippen molar-refractivity contribution in [1.82, 2.24) is 0 Å². The zero-order chi connectivity index (χ0) is 12.8. The van der Waals surface area contributed by atoms with Crippen LogP contribution in [0.15, 0.2) is 10.5 Å². The number of ether oxygens (including phenoxy) is 1. The standard InChI is InChI=1S/C11H8BrF3O2/c1-17-10(16)8-5-2-3-11(14,15)9(5)6(12)4-7(8)13/h4H,2-3H2,1H3. The molecule has 0 saturated heterocycles. The van der Waals surface area contributed by atoms with Crippen LogP contribution >= 0.6 is 15.9 Å². The molecule has 0 unspecified atom stereocenters. The maximum absolute atomic E-state index is 13.6. The number of carbonyl (C=O) groups excluding carboxylic acids is 1. The van der Waals surface area contributed by atoms with Crippen LogP contribution in [-0.4, -0.2) is 13.1 Å². The van der Waals surface area contributed by atoms with Gasteiger partial charge in [0.05, 0.1) is 12.7 Å². The molecule has 1 aliphatic carbocycles. The number of hydrogen-bond donors (Lipinski definition) is 0. The first-order valence-electron chi connectivity index (χ1n) is 4.86. The minimum atomic E-state index is -3.04. The molecule has 0 bridgehead atoms. The smallest absolute Gasteiger partial charge is 0.341 e. The van der Waals surface area contributed by atoms with Gasteiger partial charge in [-0.2, -0.15) is 0 Å². The van der Waals surface area contributed by atoms with E-state index in [0.717, 1.165) is 13.2 Å². The van der Waals surface area contributed by atoms with Gasteiger partial charge in [-0.15, -0.1) is 0 Å². The van der Waals surface area contributed by atoms with Crippen molar-refractivity contribution >= 4 is 21.9 Å². The fourth-order valence-corrected chi connectivity index (χ4v) is 2.77. The third-order valence-electron chi connectivity index (χ3n) is 2.78. The summed E-state index contributed by atoms with van der Waals surface area (Å²) in [6, 6.07) is 0.879. The van der Waals surface area contributed by atoms with E-state index in [4.69, 9.17) is 0 Å². The summed E-state index contributed by atoms with van der Waals surface area (Å²) < 4.78 is 45.2. The van der Waals surface area contributed by atoms with E-state index < -0.39 is 24.1 Å². The molecule has 1 aromatic rings. The van der Waals surface area contributed by atoms with Crippen LogP contribution in [0.1, 0.15) is 27.9 Å². The van der Waals surface area contributed by atoms with Crippen molar-refractivity contribution < 1.29 is 22.7 Å². The van der Waals surface area contributed by atoms with Crippen LogP contribution in [0.5, 0.6) is 0 Å². The predicted molar refractivity (Wildman–Crippen MR) is 57.7 cm³/mol. The number of carbonyl (C=O) groups is 1. The molecule has 17 heavy (non-hydrogen) atoms. The number of alkyl halides is 2. The first-order chi connectivity index (χ1) is 7.88. The highest BCUT2D eigenvalue weighted by Crippen LogP contribution is 2.47. The van der Waals surface area contributed by atoms with Crippen molar-refractivity contribution in [2.75, 3.05) is 7.11 Å². The summed E-state index contributed by atoms with van der Waals surface area (Å²) in [5.41, 5.74) is -0.657. The second-order valence-corrected chi connectivity index (χ2v) is 4.62. The van der Waals surface area contributed by atoms with Crippen LogP contribution in [0.25, 0.3) is 0 Å². The van der Waals surface area contributed by atoms with E-state index in [-0.39, 0.29) is 27.6 Å². The fourth-order valence-electron chi connectivity index (χ4n) is 2.04. The molecule has 1 aliphatic rings. The molecule has 2 rings (SSSR count). The Hall–Kier alpha value is -1.04. The van der Waals surface area contributed by atoms with Crippen molar-refractivity contribution in [3.05, 3.63) is 33.0 Å². The van der Waals surface area contributed by atoms with Crippen LogP contribution in [-0.2, 0) is 17.1 Å². The number of rotatable bonds is 1. The molecule has 0 fully saturated rings. The van der Waals surface area contributed by atoms with Crippen LogP contribution in [0.2, 0.25) is 0 Å². The molecule has 0 N–H and O–H groups in total. The third-order valence-corrected chi connectivity index (χ3v) is 3.40. The van der Waals surface area contributed by atoms with Crippen molar-refractivity contribution in [3.8, 4) is 0 Å². The lowest BCUT2D eigenvalue weighted by Crippen LogP contribution is -2.13.